The van der Waals surface area contributed by atoms with E-state index in [2.05, 4.69) is 19.1 Å². The van der Waals surface area contributed by atoms with Crippen LogP contribution in [0.3, 0.4) is 0 Å². The number of amides is 1. The maximum absolute atomic E-state index is 11.9. The van der Waals surface area contributed by atoms with Crippen molar-refractivity contribution in [2.24, 2.45) is 0 Å². The molecule has 0 N–H and O–H groups in total. The molecule has 1 atom stereocenters. The van der Waals surface area contributed by atoms with Gasteiger partial charge >= 0.3 is 0 Å². The Hall–Kier alpha value is -0.960. The number of carbonyl (C=O) groups is 1. The molecule has 88 valence electrons. The molecule has 0 radical (unpaired) electrons. The van der Waals surface area contributed by atoms with E-state index in [-0.39, 0.29) is 11.3 Å². The van der Waals surface area contributed by atoms with Crippen LogP contribution >= 0.6 is 11.8 Å². The summed E-state index contributed by atoms with van der Waals surface area (Å²) >= 11 is 1.37. The fourth-order valence-electron chi connectivity index (χ4n) is 1.68. The molecule has 0 heterocycles. The number of thioether (sulfide) groups is 1. The van der Waals surface area contributed by atoms with Gasteiger partial charge in [0, 0.05) is 6.54 Å². The van der Waals surface area contributed by atoms with Crippen LogP contribution in [0.15, 0.2) is 30.3 Å². The van der Waals surface area contributed by atoms with Crippen molar-refractivity contribution >= 4 is 17.0 Å². The fourth-order valence-corrected chi connectivity index (χ4v) is 2.38. The van der Waals surface area contributed by atoms with Crippen LogP contribution in [0, 0.1) is 0 Å². The lowest BCUT2D eigenvalue weighted by molar-refractivity contribution is 0.208. The Morgan fingerprint density at radius 2 is 1.94 bits per heavy atom. The van der Waals surface area contributed by atoms with Gasteiger partial charge in [0.1, 0.15) is 0 Å². The van der Waals surface area contributed by atoms with Crippen LogP contribution in [0.5, 0.6) is 0 Å². The minimum atomic E-state index is 0.151. The van der Waals surface area contributed by atoms with Crippen molar-refractivity contribution in [1.82, 2.24) is 4.90 Å². The molecule has 0 spiro atoms. The molecule has 1 aromatic rings. The first-order valence-corrected chi connectivity index (χ1v) is 6.67. The number of rotatable bonds is 4. The van der Waals surface area contributed by atoms with Crippen molar-refractivity contribution in [3.05, 3.63) is 35.9 Å². The zero-order valence-electron chi connectivity index (χ0n) is 10.1. The van der Waals surface area contributed by atoms with Gasteiger partial charge in [-0.15, -0.1) is 0 Å². The molecule has 16 heavy (non-hydrogen) atoms. The average molecular weight is 237 g/mol. The highest BCUT2D eigenvalue weighted by molar-refractivity contribution is 8.13. The minimum Gasteiger partial charge on any atom is -0.327 e. The van der Waals surface area contributed by atoms with Crippen molar-refractivity contribution in [3.63, 3.8) is 0 Å². The van der Waals surface area contributed by atoms with Gasteiger partial charge in [0.05, 0.1) is 6.04 Å². The van der Waals surface area contributed by atoms with E-state index in [1.165, 1.54) is 17.3 Å². The average Bonchev–Trinajstić information content (AvgIpc) is 2.31. The second kappa shape index (κ2) is 6.59. The zero-order valence-corrected chi connectivity index (χ0v) is 11.0. The molecule has 0 aromatic heterocycles. The van der Waals surface area contributed by atoms with Gasteiger partial charge in [-0.1, -0.05) is 49.0 Å². The van der Waals surface area contributed by atoms with Gasteiger partial charge < -0.3 is 4.90 Å². The topological polar surface area (TPSA) is 20.3 Å². The molecule has 0 saturated heterocycles. The van der Waals surface area contributed by atoms with E-state index >= 15 is 0 Å². The Kier molecular flexibility index (Phi) is 5.39. The Labute approximate surface area is 102 Å². The highest BCUT2D eigenvalue weighted by atomic mass is 32.2. The molecule has 2 nitrogen and oxygen atoms in total. The van der Waals surface area contributed by atoms with Gasteiger partial charge in [-0.2, -0.15) is 0 Å². The summed E-state index contributed by atoms with van der Waals surface area (Å²) in [6.45, 7) is 6.85. The van der Waals surface area contributed by atoms with Crippen molar-refractivity contribution < 1.29 is 4.79 Å². The first-order chi connectivity index (χ1) is 7.70. The summed E-state index contributed by atoms with van der Waals surface area (Å²) in [6.07, 6.45) is 0. The van der Waals surface area contributed by atoms with Crippen LogP contribution in [0.2, 0.25) is 0 Å². The minimum absolute atomic E-state index is 0.151. The van der Waals surface area contributed by atoms with E-state index in [0.717, 1.165) is 12.3 Å². The first kappa shape index (κ1) is 13.1. The van der Waals surface area contributed by atoms with Crippen LogP contribution < -0.4 is 0 Å². The Balaban J connectivity index is 2.77. The smallest absolute Gasteiger partial charge is 0.282 e. The lowest BCUT2D eigenvalue weighted by Gasteiger charge is -2.27. The predicted octanol–water partition coefficient (Wildman–Crippen LogP) is 3.94. The zero-order chi connectivity index (χ0) is 12.0. The molecule has 1 aromatic carbocycles. The highest BCUT2D eigenvalue weighted by Crippen LogP contribution is 2.23. The maximum Gasteiger partial charge on any atom is 0.282 e. The van der Waals surface area contributed by atoms with Crippen LogP contribution in [0.25, 0.3) is 0 Å². The number of hydrogen-bond acceptors (Lipinski definition) is 2. The SMILES string of the molecule is CCSC(=O)N(CC)C(C)c1ccccc1. The van der Waals surface area contributed by atoms with Crippen molar-refractivity contribution in [2.75, 3.05) is 12.3 Å². The van der Waals surface area contributed by atoms with E-state index in [9.17, 15) is 4.79 Å². The first-order valence-electron chi connectivity index (χ1n) is 5.69. The van der Waals surface area contributed by atoms with E-state index in [1.807, 2.05) is 36.9 Å². The highest BCUT2D eigenvalue weighted by Gasteiger charge is 2.19. The molecule has 0 fully saturated rings. The van der Waals surface area contributed by atoms with Gasteiger partial charge in [0.2, 0.25) is 0 Å². The number of carbonyl (C=O) groups excluding carboxylic acids is 1. The molecule has 0 bridgehead atoms. The van der Waals surface area contributed by atoms with E-state index in [0.29, 0.717) is 0 Å². The Bertz CT molecular complexity index is 326. The van der Waals surface area contributed by atoms with Crippen LogP contribution in [-0.2, 0) is 0 Å². The molecule has 1 amide bonds. The van der Waals surface area contributed by atoms with E-state index in [4.69, 9.17) is 0 Å². The third-order valence-electron chi connectivity index (χ3n) is 2.59. The van der Waals surface area contributed by atoms with Crippen LogP contribution in [0.4, 0.5) is 4.79 Å². The second-order valence-corrected chi connectivity index (χ2v) is 4.79. The molecular weight excluding hydrogens is 218 g/mol. The largest absolute Gasteiger partial charge is 0.327 e. The standard InChI is InChI=1S/C13H19NOS/c1-4-14(13(15)16-5-2)11(3)12-9-7-6-8-10-12/h6-11H,4-5H2,1-3H3. The summed E-state index contributed by atoms with van der Waals surface area (Å²) in [6, 6.07) is 10.3. The molecule has 0 aliphatic heterocycles. The summed E-state index contributed by atoms with van der Waals surface area (Å²) in [5.74, 6) is 0.830. The molecule has 1 unspecified atom stereocenters. The summed E-state index contributed by atoms with van der Waals surface area (Å²) in [4.78, 5) is 13.8. The summed E-state index contributed by atoms with van der Waals surface area (Å²) < 4.78 is 0. The van der Waals surface area contributed by atoms with Gasteiger partial charge in [-0.3, -0.25) is 4.79 Å². The van der Waals surface area contributed by atoms with Gasteiger partial charge in [-0.05, 0) is 25.2 Å². The van der Waals surface area contributed by atoms with Crippen molar-refractivity contribution in [2.45, 2.75) is 26.8 Å². The van der Waals surface area contributed by atoms with Crippen molar-refractivity contribution in [1.29, 1.82) is 0 Å². The monoisotopic (exact) mass is 237 g/mol. The Morgan fingerprint density at radius 3 is 2.44 bits per heavy atom. The van der Waals surface area contributed by atoms with Crippen molar-refractivity contribution in [3.8, 4) is 0 Å². The number of benzene rings is 1. The molecule has 0 saturated carbocycles. The van der Waals surface area contributed by atoms with Gasteiger partial charge in [0.25, 0.3) is 5.24 Å². The fraction of sp³-hybridized carbons (Fsp3) is 0.462. The summed E-state index contributed by atoms with van der Waals surface area (Å²) in [5, 5.41) is 0.168. The molecule has 1 rings (SSSR count). The van der Waals surface area contributed by atoms with E-state index < -0.39 is 0 Å². The van der Waals surface area contributed by atoms with Gasteiger partial charge in [0.15, 0.2) is 0 Å². The lowest BCUT2D eigenvalue weighted by atomic mass is 10.1. The van der Waals surface area contributed by atoms with Crippen LogP contribution in [0.1, 0.15) is 32.4 Å². The molecule has 0 aliphatic carbocycles. The number of hydrogen-bond donors (Lipinski definition) is 0. The maximum atomic E-state index is 11.9. The molecule has 3 heteroatoms. The second-order valence-electron chi connectivity index (χ2n) is 3.57. The molecule has 0 aliphatic rings. The summed E-state index contributed by atoms with van der Waals surface area (Å²) in [7, 11) is 0. The normalized spacial score (nSPS) is 12.2. The van der Waals surface area contributed by atoms with Gasteiger partial charge in [-0.25, -0.2) is 0 Å². The quantitative estimate of drug-likeness (QED) is 0.790. The third-order valence-corrected chi connectivity index (χ3v) is 3.36. The van der Waals surface area contributed by atoms with Crippen LogP contribution in [-0.4, -0.2) is 22.4 Å². The molecular formula is C13H19NOS. The number of nitrogens with zero attached hydrogens (tertiary/aromatic N) is 1. The predicted molar refractivity (Wildman–Crippen MR) is 70.8 cm³/mol. The summed E-state index contributed by atoms with van der Waals surface area (Å²) in [5.41, 5.74) is 1.19. The van der Waals surface area contributed by atoms with E-state index in [1.54, 1.807) is 0 Å². The third kappa shape index (κ3) is 3.27. The lowest BCUT2D eigenvalue weighted by Crippen LogP contribution is -2.30. The Morgan fingerprint density at radius 1 is 1.31 bits per heavy atom.